The predicted molar refractivity (Wildman–Crippen MR) is 100 cm³/mol. The number of hydrogen-bond acceptors (Lipinski definition) is 4. The molecule has 2 N–H and O–H groups in total. The smallest absolute Gasteiger partial charge is 0.260 e. The molecule has 0 saturated heterocycles. The van der Waals surface area contributed by atoms with Crippen LogP contribution in [0.15, 0.2) is 48.5 Å². The van der Waals surface area contributed by atoms with Gasteiger partial charge in [0.15, 0.2) is 6.10 Å². The fraction of sp³-hybridized carbons (Fsp3) is 0.263. The lowest BCUT2D eigenvalue weighted by atomic mass is 10.1. The lowest BCUT2D eigenvalue weighted by Gasteiger charge is -2.34. The minimum atomic E-state index is -0.859. The Kier molecular flexibility index (Phi) is 5.44. The van der Waals surface area contributed by atoms with E-state index in [9.17, 15) is 9.59 Å². The highest BCUT2D eigenvalue weighted by Crippen LogP contribution is 2.33. The molecule has 2 amide bonds. The highest BCUT2D eigenvalue weighted by molar-refractivity contribution is 6.31. The van der Waals surface area contributed by atoms with Gasteiger partial charge in [0.25, 0.3) is 5.91 Å². The van der Waals surface area contributed by atoms with Crippen LogP contribution in [0.25, 0.3) is 0 Å². The summed E-state index contributed by atoms with van der Waals surface area (Å²) in [7, 11) is 1.85. The number of likely N-dealkylation sites (N-methyl/N-ethyl adjacent to an activating group) is 1. The van der Waals surface area contributed by atoms with Gasteiger partial charge in [-0.25, -0.2) is 0 Å². The molecule has 0 saturated carbocycles. The van der Waals surface area contributed by atoms with Crippen LogP contribution in [0, 0.1) is 0 Å². The van der Waals surface area contributed by atoms with Crippen molar-refractivity contribution in [3.05, 3.63) is 59.1 Å². The third-order valence-corrected chi connectivity index (χ3v) is 4.56. The number of amides is 2. The van der Waals surface area contributed by atoms with Crippen LogP contribution in [0.2, 0.25) is 5.02 Å². The summed E-state index contributed by atoms with van der Waals surface area (Å²) >= 11 is 6.18. The van der Waals surface area contributed by atoms with Crippen LogP contribution in [-0.2, 0) is 16.1 Å². The van der Waals surface area contributed by atoms with E-state index in [1.54, 1.807) is 23.1 Å². The second-order valence-electron chi connectivity index (χ2n) is 6.24. The van der Waals surface area contributed by atoms with E-state index in [0.29, 0.717) is 23.0 Å². The molecule has 1 aliphatic rings. The highest BCUT2D eigenvalue weighted by Gasteiger charge is 2.32. The third kappa shape index (κ3) is 3.98. The van der Waals surface area contributed by atoms with Crippen molar-refractivity contribution in [2.24, 2.45) is 5.73 Å². The van der Waals surface area contributed by atoms with Crippen LogP contribution < -0.4 is 15.4 Å². The molecule has 1 aliphatic heterocycles. The number of anilines is 1. The number of primary amides is 1. The molecule has 0 fully saturated rings. The van der Waals surface area contributed by atoms with E-state index in [2.05, 4.69) is 0 Å². The van der Waals surface area contributed by atoms with E-state index in [1.807, 2.05) is 42.3 Å². The van der Waals surface area contributed by atoms with Crippen LogP contribution in [0.4, 0.5) is 5.69 Å². The van der Waals surface area contributed by atoms with E-state index in [4.69, 9.17) is 22.1 Å². The molecule has 1 heterocycles. The molecule has 0 aromatic heterocycles. The molecule has 1 atom stereocenters. The van der Waals surface area contributed by atoms with E-state index in [1.165, 1.54) is 0 Å². The number of benzene rings is 2. The molecule has 3 rings (SSSR count). The molecule has 26 heavy (non-hydrogen) atoms. The number of ether oxygens (including phenoxy) is 1. The van der Waals surface area contributed by atoms with Crippen molar-refractivity contribution in [1.82, 2.24) is 4.90 Å². The maximum absolute atomic E-state index is 12.9. The molecule has 7 heteroatoms. The number of nitrogens with zero attached hydrogens (tertiary/aromatic N) is 2. The lowest BCUT2D eigenvalue weighted by molar-refractivity contribution is -0.125. The van der Waals surface area contributed by atoms with Crippen molar-refractivity contribution in [3.63, 3.8) is 0 Å². The first-order valence-corrected chi connectivity index (χ1v) is 8.61. The van der Waals surface area contributed by atoms with Gasteiger partial charge in [-0.2, -0.15) is 0 Å². The zero-order valence-corrected chi connectivity index (χ0v) is 15.1. The molecule has 136 valence electrons. The van der Waals surface area contributed by atoms with Gasteiger partial charge in [0.05, 0.1) is 18.8 Å². The Morgan fingerprint density at radius 3 is 2.65 bits per heavy atom. The SMILES string of the molecule is CN(CC(=O)N1CC(C(N)=O)Oc2ccccc21)Cc1ccccc1Cl. The summed E-state index contributed by atoms with van der Waals surface area (Å²) in [5.41, 5.74) is 6.97. The largest absolute Gasteiger partial charge is 0.477 e. The molecule has 0 radical (unpaired) electrons. The molecule has 2 aromatic rings. The van der Waals surface area contributed by atoms with Crippen LogP contribution in [0.3, 0.4) is 0 Å². The minimum absolute atomic E-state index is 0.102. The van der Waals surface area contributed by atoms with Crippen molar-refractivity contribution in [2.45, 2.75) is 12.6 Å². The molecule has 0 spiro atoms. The zero-order chi connectivity index (χ0) is 18.7. The van der Waals surface area contributed by atoms with Crippen LogP contribution in [0.5, 0.6) is 5.75 Å². The molecule has 6 nitrogen and oxygen atoms in total. The average molecular weight is 374 g/mol. The van der Waals surface area contributed by atoms with Crippen molar-refractivity contribution in [3.8, 4) is 5.75 Å². The molecule has 2 aromatic carbocycles. The minimum Gasteiger partial charge on any atom is -0.477 e. The fourth-order valence-electron chi connectivity index (χ4n) is 2.91. The van der Waals surface area contributed by atoms with E-state index >= 15 is 0 Å². The first-order valence-electron chi connectivity index (χ1n) is 8.23. The molecule has 0 bridgehead atoms. The average Bonchev–Trinajstić information content (AvgIpc) is 2.62. The Hall–Kier alpha value is -2.57. The van der Waals surface area contributed by atoms with Gasteiger partial charge in [0, 0.05) is 11.6 Å². The number of nitrogens with two attached hydrogens (primary N) is 1. The Balaban J connectivity index is 1.74. The summed E-state index contributed by atoms with van der Waals surface area (Å²) in [6.45, 7) is 0.812. The predicted octanol–water partition coefficient (Wildman–Crippen LogP) is 2.05. The first kappa shape index (κ1) is 18.2. The Morgan fingerprint density at radius 1 is 1.23 bits per heavy atom. The van der Waals surface area contributed by atoms with Gasteiger partial charge >= 0.3 is 0 Å². The molecular weight excluding hydrogens is 354 g/mol. The van der Waals surface area contributed by atoms with Gasteiger partial charge in [0.2, 0.25) is 5.91 Å². The summed E-state index contributed by atoms with van der Waals surface area (Å²) in [4.78, 5) is 27.9. The summed E-state index contributed by atoms with van der Waals surface area (Å²) < 4.78 is 5.59. The summed E-state index contributed by atoms with van der Waals surface area (Å²) in [6, 6.07) is 14.6. The number of carbonyl (C=O) groups is 2. The molecular formula is C19H20ClN3O3. The Labute approximate surface area is 157 Å². The van der Waals surface area contributed by atoms with Crippen LogP contribution >= 0.6 is 11.6 Å². The Morgan fingerprint density at radius 2 is 1.92 bits per heavy atom. The molecule has 0 aliphatic carbocycles. The quantitative estimate of drug-likeness (QED) is 0.870. The normalized spacial score (nSPS) is 16.1. The van der Waals surface area contributed by atoms with Gasteiger partial charge in [0.1, 0.15) is 5.75 Å². The van der Waals surface area contributed by atoms with Gasteiger partial charge in [-0.15, -0.1) is 0 Å². The topological polar surface area (TPSA) is 75.9 Å². The van der Waals surface area contributed by atoms with Crippen molar-refractivity contribution in [2.75, 3.05) is 25.0 Å². The van der Waals surface area contributed by atoms with E-state index < -0.39 is 12.0 Å². The fourth-order valence-corrected chi connectivity index (χ4v) is 3.10. The van der Waals surface area contributed by atoms with E-state index in [-0.39, 0.29) is 19.0 Å². The monoisotopic (exact) mass is 373 g/mol. The second-order valence-corrected chi connectivity index (χ2v) is 6.65. The van der Waals surface area contributed by atoms with E-state index in [0.717, 1.165) is 5.56 Å². The summed E-state index contributed by atoms with van der Waals surface area (Å²) in [5, 5.41) is 0.664. The van der Waals surface area contributed by atoms with Crippen molar-refractivity contribution < 1.29 is 14.3 Å². The van der Waals surface area contributed by atoms with Gasteiger partial charge in [-0.1, -0.05) is 41.9 Å². The van der Waals surface area contributed by atoms with Crippen LogP contribution in [-0.4, -0.2) is 43.0 Å². The number of para-hydroxylation sites is 2. The van der Waals surface area contributed by atoms with Gasteiger partial charge in [-0.05, 0) is 30.8 Å². The van der Waals surface area contributed by atoms with Gasteiger partial charge in [-0.3, -0.25) is 14.5 Å². The number of fused-ring (bicyclic) bond motifs is 1. The maximum Gasteiger partial charge on any atom is 0.260 e. The number of rotatable bonds is 5. The highest BCUT2D eigenvalue weighted by atomic mass is 35.5. The number of carbonyl (C=O) groups excluding carboxylic acids is 2. The second kappa shape index (κ2) is 7.76. The standard InChI is InChI=1S/C19H20ClN3O3/c1-22(10-13-6-2-3-7-14(13)20)12-18(24)23-11-17(19(21)25)26-16-9-5-4-8-15(16)23/h2-9,17H,10-12H2,1H3,(H2,21,25). The van der Waals surface area contributed by atoms with Crippen molar-refractivity contribution in [1.29, 1.82) is 0 Å². The molecule has 1 unspecified atom stereocenters. The first-order chi connectivity index (χ1) is 12.5. The zero-order valence-electron chi connectivity index (χ0n) is 14.4. The number of halogens is 1. The number of hydrogen-bond donors (Lipinski definition) is 1. The van der Waals surface area contributed by atoms with Crippen molar-refractivity contribution >= 4 is 29.1 Å². The van der Waals surface area contributed by atoms with Gasteiger partial charge < -0.3 is 15.4 Å². The lowest BCUT2D eigenvalue weighted by Crippen LogP contribution is -2.51. The summed E-state index contributed by atoms with van der Waals surface area (Å²) in [5.74, 6) is -0.257. The van der Waals surface area contributed by atoms with Crippen LogP contribution in [0.1, 0.15) is 5.56 Å². The Bertz CT molecular complexity index is 827. The third-order valence-electron chi connectivity index (χ3n) is 4.20. The summed E-state index contributed by atoms with van der Waals surface area (Å²) in [6.07, 6.45) is -0.859. The maximum atomic E-state index is 12.9.